The molecule has 0 aliphatic rings. The first kappa shape index (κ1) is 11.2. The van der Waals surface area contributed by atoms with Gasteiger partial charge in [-0.05, 0) is 19.1 Å². The Morgan fingerprint density at radius 3 is 1.75 bits per heavy atom. The highest BCUT2D eigenvalue weighted by molar-refractivity contribution is 7.83. The second-order valence-corrected chi connectivity index (χ2v) is 4.06. The fourth-order valence-corrected chi connectivity index (χ4v) is 0.545. The Balaban J connectivity index is 0.000000261. The topological polar surface area (TPSA) is 37.3 Å². The SMILES string of the molecule is CS(C)=O.Cc1ccc(O)cc1. The lowest BCUT2D eigenvalue weighted by atomic mass is 10.2. The zero-order valence-electron chi connectivity index (χ0n) is 7.57. The number of rotatable bonds is 0. The standard InChI is InChI=1S/C7H8O.C2H6OS/c1-6-2-4-7(8)5-3-6;1-4(2)3/h2-5,8H,1H3;1-2H3. The predicted molar refractivity (Wildman–Crippen MR) is 52.8 cm³/mol. The lowest BCUT2D eigenvalue weighted by Gasteiger charge is -1.89. The number of hydrogen-bond acceptors (Lipinski definition) is 2. The van der Waals surface area contributed by atoms with Gasteiger partial charge in [-0.1, -0.05) is 17.7 Å². The molecule has 2 nitrogen and oxygen atoms in total. The average molecular weight is 186 g/mol. The molecule has 0 aromatic heterocycles. The fourth-order valence-electron chi connectivity index (χ4n) is 0.545. The third-order valence-electron chi connectivity index (χ3n) is 1.03. The molecular weight excluding hydrogens is 172 g/mol. The molecule has 0 atom stereocenters. The molecule has 0 aliphatic heterocycles. The molecule has 0 bridgehead atoms. The van der Waals surface area contributed by atoms with E-state index in [0.717, 1.165) is 0 Å². The van der Waals surface area contributed by atoms with E-state index in [0.29, 0.717) is 5.75 Å². The highest BCUT2D eigenvalue weighted by Crippen LogP contribution is 2.07. The maximum atomic E-state index is 9.56. The van der Waals surface area contributed by atoms with Crippen molar-refractivity contribution in [2.45, 2.75) is 6.92 Å². The Bertz CT molecular complexity index is 216. The summed E-state index contributed by atoms with van der Waals surface area (Å²) in [7, 11) is -0.611. The van der Waals surface area contributed by atoms with Crippen molar-refractivity contribution < 1.29 is 9.32 Å². The van der Waals surface area contributed by atoms with Crippen LogP contribution in [0.5, 0.6) is 5.75 Å². The van der Waals surface area contributed by atoms with E-state index in [9.17, 15) is 4.21 Å². The molecule has 0 amide bonds. The minimum atomic E-state index is -0.611. The predicted octanol–water partition coefficient (Wildman–Crippen LogP) is 1.70. The Morgan fingerprint density at radius 2 is 1.50 bits per heavy atom. The third kappa shape index (κ3) is 7.28. The van der Waals surface area contributed by atoms with Crippen molar-refractivity contribution in [3.05, 3.63) is 29.8 Å². The van der Waals surface area contributed by atoms with Crippen LogP contribution in [0.1, 0.15) is 5.56 Å². The Labute approximate surface area is 75.7 Å². The minimum absolute atomic E-state index is 0.329. The van der Waals surface area contributed by atoms with Crippen molar-refractivity contribution in [2.24, 2.45) is 0 Å². The first-order chi connectivity index (χ1) is 5.52. The van der Waals surface area contributed by atoms with Crippen LogP contribution >= 0.6 is 0 Å². The van der Waals surface area contributed by atoms with Crippen molar-refractivity contribution in [1.29, 1.82) is 0 Å². The smallest absolute Gasteiger partial charge is 0.115 e. The molecule has 0 saturated heterocycles. The summed E-state index contributed by atoms with van der Waals surface area (Å²) in [4.78, 5) is 0. The third-order valence-corrected chi connectivity index (χ3v) is 1.03. The van der Waals surface area contributed by atoms with Crippen LogP contribution in [0, 0.1) is 6.92 Å². The molecule has 68 valence electrons. The molecule has 0 fully saturated rings. The van der Waals surface area contributed by atoms with Gasteiger partial charge in [-0.15, -0.1) is 0 Å². The summed E-state index contributed by atoms with van der Waals surface area (Å²) in [5.41, 5.74) is 1.17. The minimum Gasteiger partial charge on any atom is -0.508 e. The van der Waals surface area contributed by atoms with E-state index in [-0.39, 0.29) is 0 Å². The normalized spacial score (nSPS) is 9.00. The first-order valence-corrected chi connectivity index (χ1v) is 5.49. The Kier molecular flexibility index (Phi) is 5.37. The lowest BCUT2D eigenvalue weighted by molar-refractivity contribution is 0.475. The fraction of sp³-hybridized carbons (Fsp3) is 0.333. The van der Waals surface area contributed by atoms with Gasteiger partial charge in [-0.2, -0.15) is 0 Å². The highest BCUT2D eigenvalue weighted by atomic mass is 32.2. The number of hydrogen-bond donors (Lipinski definition) is 1. The van der Waals surface area contributed by atoms with Crippen LogP contribution in [0.2, 0.25) is 0 Å². The van der Waals surface area contributed by atoms with Gasteiger partial charge in [-0.3, -0.25) is 4.21 Å². The summed E-state index contributed by atoms with van der Waals surface area (Å²) >= 11 is 0. The monoisotopic (exact) mass is 186 g/mol. The zero-order chi connectivity index (χ0) is 9.56. The molecule has 12 heavy (non-hydrogen) atoms. The molecule has 0 aliphatic carbocycles. The first-order valence-electron chi connectivity index (χ1n) is 3.53. The van der Waals surface area contributed by atoms with Gasteiger partial charge >= 0.3 is 0 Å². The molecule has 0 unspecified atom stereocenters. The van der Waals surface area contributed by atoms with Crippen LogP contribution in [0.3, 0.4) is 0 Å². The number of aryl methyl sites for hydroxylation is 1. The van der Waals surface area contributed by atoms with Gasteiger partial charge in [0.15, 0.2) is 0 Å². The van der Waals surface area contributed by atoms with Crippen LogP contribution in [-0.2, 0) is 10.8 Å². The van der Waals surface area contributed by atoms with Crippen molar-refractivity contribution in [3.63, 3.8) is 0 Å². The van der Waals surface area contributed by atoms with E-state index in [2.05, 4.69) is 0 Å². The van der Waals surface area contributed by atoms with Crippen molar-refractivity contribution in [2.75, 3.05) is 12.5 Å². The quantitative estimate of drug-likeness (QED) is 0.669. The van der Waals surface area contributed by atoms with Crippen LogP contribution in [0.4, 0.5) is 0 Å². The molecule has 1 aromatic rings. The number of aromatic hydroxyl groups is 1. The van der Waals surface area contributed by atoms with Gasteiger partial charge in [0.25, 0.3) is 0 Å². The largest absolute Gasteiger partial charge is 0.508 e. The molecule has 0 spiro atoms. The van der Waals surface area contributed by atoms with Crippen LogP contribution < -0.4 is 0 Å². The Morgan fingerprint density at radius 1 is 1.17 bits per heavy atom. The van der Waals surface area contributed by atoms with E-state index in [4.69, 9.17) is 5.11 Å². The number of phenols is 1. The van der Waals surface area contributed by atoms with E-state index >= 15 is 0 Å². The van der Waals surface area contributed by atoms with Crippen LogP contribution in [-0.4, -0.2) is 21.8 Å². The van der Waals surface area contributed by atoms with Crippen molar-refractivity contribution in [1.82, 2.24) is 0 Å². The van der Waals surface area contributed by atoms with Gasteiger partial charge < -0.3 is 5.11 Å². The van der Waals surface area contributed by atoms with Crippen LogP contribution in [0.25, 0.3) is 0 Å². The molecule has 1 N–H and O–H groups in total. The van der Waals surface area contributed by atoms with Gasteiger partial charge in [-0.25, -0.2) is 0 Å². The Hall–Kier alpha value is -0.830. The molecule has 0 saturated carbocycles. The van der Waals surface area contributed by atoms with E-state index in [1.807, 2.05) is 19.1 Å². The molecular formula is C9H14O2S. The summed E-state index contributed by atoms with van der Waals surface area (Å²) in [6, 6.07) is 7.09. The second-order valence-electron chi connectivity index (χ2n) is 2.58. The lowest BCUT2D eigenvalue weighted by Crippen LogP contribution is -1.70. The van der Waals surface area contributed by atoms with Gasteiger partial charge in [0.2, 0.25) is 0 Å². The summed E-state index contributed by atoms with van der Waals surface area (Å²) in [5, 5.41) is 8.76. The zero-order valence-corrected chi connectivity index (χ0v) is 8.39. The van der Waals surface area contributed by atoms with E-state index in [1.165, 1.54) is 5.56 Å². The molecule has 0 radical (unpaired) electrons. The molecule has 1 aromatic carbocycles. The van der Waals surface area contributed by atoms with E-state index < -0.39 is 10.8 Å². The second kappa shape index (κ2) is 5.77. The van der Waals surface area contributed by atoms with E-state index in [1.54, 1.807) is 24.6 Å². The maximum absolute atomic E-state index is 9.56. The maximum Gasteiger partial charge on any atom is 0.115 e. The van der Waals surface area contributed by atoms with Gasteiger partial charge in [0.1, 0.15) is 5.75 Å². The summed E-state index contributed by atoms with van der Waals surface area (Å²) in [6.45, 7) is 1.99. The number of benzene rings is 1. The average Bonchev–Trinajstić information content (AvgIpc) is 1.94. The molecule has 3 heteroatoms. The van der Waals surface area contributed by atoms with Gasteiger partial charge in [0.05, 0.1) is 0 Å². The summed E-state index contributed by atoms with van der Waals surface area (Å²) in [5.74, 6) is 0.329. The summed E-state index contributed by atoms with van der Waals surface area (Å²) < 4.78 is 9.56. The van der Waals surface area contributed by atoms with Crippen molar-refractivity contribution >= 4 is 10.8 Å². The number of phenolic OH excluding ortho intramolecular Hbond substituents is 1. The highest BCUT2D eigenvalue weighted by Gasteiger charge is 1.82. The summed E-state index contributed by atoms with van der Waals surface area (Å²) in [6.07, 6.45) is 3.28. The van der Waals surface area contributed by atoms with Gasteiger partial charge in [0, 0.05) is 23.3 Å². The van der Waals surface area contributed by atoms with Crippen molar-refractivity contribution in [3.8, 4) is 5.75 Å². The molecule has 1 rings (SSSR count). The van der Waals surface area contributed by atoms with Crippen LogP contribution in [0.15, 0.2) is 24.3 Å². The molecule has 0 heterocycles.